The summed E-state index contributed by atoms with van der Waals surface area (Å²) in [6.07, 6.45) is -1.76. The SMILES string of the molecule is O=C(OC(=O)N1CCN(C(=O)O)CC1)c1ccccc1. The molecule has 0 aliphatic carbocycles. The molecule has 0 atom stereocenters. The quantitative estimate of drug-likeness (QED) is 0.617. The number of hydrogen-bond acceptors (Lipinski definition) is 4. The molecule has 106 valence electrons. The van der Waals surface area contributed by atoms with Gasteiger partial charge in [-0.15, -0.1) is 0 Å². The molecule has 0 saturated carbocycles. The summed E-state index contributed by atoms with van der Waals surface area (Å²) in [7, 11) is 0. The highest BCUT2D eigenvalue weighted by Crippen LogP contribution is 2.07. The number of rotatable bonds is 1. The molecule has 0 bridgehead atoms. The number of carboxylic acid groups (broad SMARTS) is 1. The first-order valence-electron chi connectivity index (χ1n) is 6.12. The number of hydrogen-bond donors (Lipinski definition) is 1. The molecule has 0 unspecified atom stereocenters. The van der Waals surface area contributed by atoms with Gasteiger partial charge in [0.2, 0.25) is 0 Å². The highest BCUT2D eigenvalue weighted by atomic mass is 16.6. The lowest BCUT2D eigenvalue weighted by Crippen LogP contribution is -2.50. The molecule has 1 aromatic rings. The van der Waals surface area contributed by atoms with Crippen LogP contribution in [-0.2, 0) is 4.74 Å². The molecule has 7 nitrogen and oxygen atoms in total. The molecule has 20 heavy (non-hydrogen) atoms. The number of carbonyl (C=O) groups excluding carboxylic acids is 2. The fraction of sp³-hybridized carbons (Fsp3) is 0.308. The van der Waals surface area contributed by atoms with Crippen molar-refractivity contribution in [3.8, 4) is 0 Å². The highest BCUT2D eigenvalue weighted by molar-refractivity contribution is 5.96. The Labute approximate surface area is 115 Å². The van der Waals surface area contributed by atoms with Gasteiger partial charge in [-0.25, -0.2) is 14.4 Å². The van der Waals surface area contributed by atoms with E-state index in [1.54, 1.807) is 30.3 Å². The fourth-order valence-electron chi connectivity index (χ4n) is 1.86. The largest absolute Gasteiger partial charge is 0.465 e. The van der Waals surface area contributed by atoms with Crippen molar-refractivity contribution >= 4 is 18.2 Å². The van der Waals surface area contributed by atoms with Crippen LogP contribution < -0.4 is 0 Å². The molecule has 1 aliphatic rings. The van der Waals surface area contributed by atoms with Gasteiger partial charge in [-0.2, -0.15) is 0 Å². The number of esters is 1. The van der Waals surface area contributed by atoms with Crippen LogP contribution in [0.4, 0.5) is 9.59 Å². The lowest BCUT2D eigenvalue weighted by atomic mass is 10.2. The van der Waals surface area contributed by atoms with Crippen LogP contribution in [0.15, 0.2) is 30.3 Å². The summed E-state index contributed by atoms with van der Waals surface area (Å²) in [5, 5.41) is 8.79. The number of ether oxygens (including phenoxy) is 1. The summed E-state index contributed by atoms with van der Waals surface area (Å²) in [6, 6.07) is 8.21. The van der Waals surface area contributed by atoms with Crippen molar-refractivity contribution in [2.24, 2.45) is 0 Å². The molecule has 0 spiro atoms. The first-order chi connectivity index (χ1) is 9.58. The smallest absolute Gasteiger partial charge is 0.417 e. The van der Waals surface area contributed by atoms with Crippen LogP contribution in [-0.4, -0.2) is 59.2 Å². The third-order valence-electron chi connectivity index (χ3n) is 3.00. The molecule has 0 aromatic heterocycles. The molecule has 7 heteroatoms. The Balaban J connectivity index is 1.87. The normalized spacial score (nSPS) is 14.8. The first kappa shape index (κ1) is 13.9. The van der Waals surface area contributed by atoms with Crippen LogP contribution in [0.2, 0.25) is 0 Å². The molecule has 2 rings (SSSR count). The van der Waals surface area contributed by atoms with E-state index in [9.17, 15) is 14.4 Å². The van der Waals surface area contributed by atoms with Gasteiger partial charge in [0.15, 0.2) is 0 Å². The minimum Gasteiger partial charge on any atom is -0.465 e. The van der Waals surface area contributed by atoms with E-state index < -0.39 is 18.2 Å². The molecular formula is C13H14N2O5. The Morgan fingerprint density at radius 2 is 1.50 bits per heavy atom. The second-order valence-electron chi connectivity index (χ2n) is 4.28. The Kier molecular flexibility index (Phi) is 4.19. The number of nitrogens with zero attached hydrogens (tertiary/aromatic N) is 2. The molecule has 1 fully saturated rings. The Morgan fingerprint density at radius 1 is 0.950 bits per heavy atom. The molecule has 2 amide bonds. The van der Waals surface area contributed by atoms with Gasteiger partial charge in [0, 0.05) is 26.2 Å². The van der Waals surface area contributed by atoms with E-state index in [-0.39, 0.29) is 26.2 Å². The number of carbonyl (C=O) groups is 3. The van der Waals surface area contributed by atoms with E-state index in [1.807, 2.05) is 0 Å². The topological polar surface area (TPSA) is 87.2 Å². The van der Waals surface area contributed by atoms with E-state index in [0.29, 0.717) is 5.56 Å². The van der Waals surface area contributed by atoms with Crippen molar-refractivity contribution < 1.29 is 24.2 Å². The molecule has 1 N–H and O–H groups in total. The van der Waals surface area contributed by atoms with Gasteiger partial charge in [0.05, 0.1) is 5.56 Å². The Morgan fingerprint density at radius 3 is 2.05 bits per heavy atom. The zero-order valence-corrected chi connectivity index (χ0v) is 10.7. The average Bonchev–Trinajstić information content (AvgIpc) is 2.48. The van der Waals surface area contributed by atoms with Gasteiger partial charge in [0.25, 0.3) is 0 Å². The van der Waals surface area contributed by atoms with E-state index in [0.717, 1.165) is 0 Å². The molecule has 1 saturated heterocycles. The minimum atomic E-state index is -1.02. The predicted octanol–water partition coefficient (Wildman–Crippen LogP) is 1.26. The third kappa shape index (κ3) is 3.25. The number of amides is 2. The highest BCUT2D eigenvalue weighted by Gasteiger charge is 2.26. The zero-order chi connectivity index (χ0) is 14.5. The first-order valence-corrected chi connectivity index (χ1v) is 6.12. The van der Waals surface area contributed by atoms with Crippen molar-refractivity contribution in [2.75, 3.05) is 26.2 Å². The summed E-state index contributed by atoms with van der Waals surface area (Å²) in [4.78, 5) is 36.7. The molecule has 0 radical (unpaired) electrons. The van der Waals surface area contributed by atoms with Crippen molar-refractivity contribution in [3.63, 3.8) is 0 Å². The lowest BCUT2D eigenvalue weighted by molar-refractivity contribution is 0.0480. The van der Waals surface area contributed by atoms with Crippen molar-refractivity contribution in [3.05, 3.63) is 35.9 Å². The second-order valence-corrected chi connectivity index (χ2v) is 4.28. The standard InChI is InChI=1S/C13H14N2O5/c16-11(10-4-2-1-3-5-10)20-13(19)15-8-6-14(7-9-15)12(17)18/h1-5H,6-9H2,(H,17,18). The number of piperazine rings is 1. The van der Waals surface area contributed by atoms with Gasteiger partial charge in [0.1, 0.15) is 0 Å². The van der Waals surface area contributed by atoms with Crippen molar-refractivity contribution in [2.45, 2.75) is 0 Å². The Hall–Kier alpha value is -2.57. The fourth-order valence-corrected chi connectivity index (χ4v) is 1.86. The lowest BCUT2D eigenvalue weighted by Gasteiger charge is -2.32. The third-order valence-corrected chi connectivity index (χ3v) is 3.00. The van der Waals surface area contributed by atoms with Gasteiger partial charge in [-0.1, -0.05) is 18.2 Å². The van der Waals surface area contributed by atoms with E-state index in [1.165, 1.54) is 9.80 Å². The molecule has 1 aliphatic heterocycles. The van der Waals surface area contributed by atoms with Gasteiger partial charge >= 0.3 is 18.2 Å². The van der Waals surface area contributed by atoms with Crippen LogP contribution >= 0.6 is 0 Å². The maximum atomic E-state index is 11.8. The van der Waals surface area contributed by atoms with Gasteiger partial charge < -0.3 is 19.6 Å². The minimum absolute atomic E-state index is 0.212. The van der Waals surface area contributed by atoms with Crippen LogP contribution in [0, 0.1) is 0 Å². The Bertz CT molecular complexity index is 509. The maximum Gasteiger partial charge on any atom is 0.417 e. The molecule has 1 heterocycles. The van der Waals surface area contributed by atoms with Gasteiger partial charge in [-0.3, -0.25) is 0 Å². The van der Waals surface area contributed by atoms with Crippen LogP contribution in [0.25, 0.3) is 0 Å². The summed E-state index contributed by atoms with van der Waals surface area (Å²) >= 11 is 0. The number of benzene rings is 1. The molecule has 1 aromatic carbocycles. The van der Waals surface area contributed by atoms with E-state index >= 15 is 0 Å². The van der Waals surface area contributed by atoms with Crippen LogP contribution in [0.1, 0.15) is 10.4 Å². The second kappa shape index (κ2) is 6.05. The molecular weight excluding hydrogens is 264 g/mol. The summed E-state index contributed by atoms with van der Waals surface area (Å²) in [5.74, 6) is -0.712. The van der Waals surface area contributed by atoms with E-state index in [2.05, 4.69) is 0 Å². The summed E-state index contributed by atoms with van der Waals surface area (Å²) in [6.45, 7) is 0.855. The van der Waals surface area contributed by atoms with Crippen molar-refractivity contribution in [1.29, 1.82) is 0 Å². The van der Waals surface area contributed by atoms with Gasteiger partial charge in [-0.05, 0) is 12.1 Å². The summed E-state index contributed by atoms with van der Waals surface area (Å²) in [5.41, 5.74) is 0.296. The monoisotopic (exact) mass is 278 g/mol. The van der Waals surface area contributed by atoms with E-state index in [4.69, 9.17) is 9.84 Å². The maximum absolute atomic E-state index is 11.8. The van der Waals surface area contributed by atoms with Crippen LogP contribution in [0.5, 0.6) is 0 Å². The zero-order valence-electron chi connectivity index (χ0n) is 10.7. The van der Waals surface area contributed by atoms with Crippen molar-refractivity contribution in [1.82, 2.24) is 9.80 Å². The summed E-state index contributed by atoms with van der Waals surface area (Å²) < 4.78 is 4.75. The predicted molar refractivity (Wildman–Crippen MR) is 68.4 cm³/mol. The average molecular weight is 278 g/mol. The van der Waals surface area contributed by atoms with Crippen LogP contribution in [0.3, 0.4) is 0 Å².